The summed E-state index contributed by atoms with van der Waals surface area (Å²) in [6.45, 7) is 4.25. The van der Waals surface area contributed by atoms with Crippen LogP contribution in [0.25, 0.3) is 0 Å². The monoisotopic (exact) mass is 189 g/mol. The molecule has 0 N–H and O–H groups in total. The summed E-state index contributed by atoms with van der Waals surface area (Å²) in [7, 11) is 0. The quantitative estimate of drug-likeness (QED) is 0.663. The highest BCUT2D eigenvalue weighted by molar-refractivity contribution is 5.73. The van der Waals surface area contributed by atoms with Gasteiger partial charge in [-0.1, -0.05) is 18.2 Å². The van der Waals surface area contributed by atoms with Gasteiger partial charge in [-0.15, -0.1) is 0 Å². The minimum absolute atomic E-state index is 0.0346. The number of fused-ring (bicyclic) bond motifs is 1. The molecule has 0 spiro atoms. The number of rotatable bonds is 2. The Morgan fingerprint density at radius 3 is 2.79 bits per heavy atom. The SMILES string of the molecule is CC(C)N1c2ccccc2CC1C=O. The van der Waals surface area contributed by atoms with Gasteiger partial charge in [0.05, 0.1) is 6.04 Å². The lowest BCUT2D eigenvalue weighted by Crippen LogP contribution is -2.38. The molecule has 74 valence electrons. The Kier molecular flexibility index (Phi) is 2.28. The maximum absolute atomic E-state index is 10.9. The Bertz CT molecular complexity index is 346. The first kappa shape index (κ1) is 9.25. The molecule has 2 nitrogen and oxygen atoms in total. The molecule has 0 amide bonds. The van der Waals surface area contributed by atoms with Gasteiger partial charge in [-0.3, -0.25) is 0 Å². The van der Waals surface area contributed by atoms with E-state index in [1.54, 1.807) is 0 Å². The van der Waals surface area contributed by atoms with E-state index in [9.17, 15) is 4.79 Å². The van der Waals surface area contributed by atoms with E-state index in [1.807, 2.05) is 12.1 Å². The van der Waals surface area contributed by atoms with Crippen molar-refractivity contribution < 1.29 is 4.79 Å². The zero-order valence-corrected chi connectivity index (χ0v) is 8.60. The largest absolute Gasteiger partial charge is 0.359 e. The summed E-state index contributed by atoms with van der Waals surface area (Å²) in [5.74, 6) is 0. The molecule has 1 atom stereocenters. The van der Waals surface area contributed by atoms with Crippen molar-refractivity contribution in [3.63, 3.8) is 0 Å². The van der Waals surface area contributed by atoms with Crippen molar-refractivity contribution in [2.75, 3.05) is 4.90 Å². The van der Waals surface area contributed by atoms with E-state index in [-0.39, 0.29) is 6.04 Å². The van der Waals surface area contributed by atoms with Crippen molar-refractivity contribution >= 4 is 12.0 Å². The van der Waals surface area contributed by atoms with Crippen molar-refractivity contribution in [1.29, 1.82) is 0 Å². The van der Waals surface area contributed by atoms with E-state index < -0.39 is 0 Å². The third kappa shape index (κ3) is 1.31. The van der Waals surface area contributed by atoms with Gasteiger partial charge in [0, 0.05) is 18.2 Å². The first-order valence-corrected chi connectivity index (χ1v) is 5.05. The van der Waals surface area contributed by atoms with Crippen LogP contribution in [-0.2, 0) is 11.2 Å². The highest BCUT2D eigenvalue weighted by Crippen LogP contribution is 2.32. The van der Waals surface area contributed by atoms with Gasteiger partial charge in [0.2, 0.25) is 0 Å². The molecule has 0 bridgehead atoms. The highest BCUT2D eigenvalue weighted by atomic mass is 16.1. The van der Waals surface area contributed by atoms with Gasteiger partial charge < -0.3 is 9.69 Å². The van der Waals surface area contributed by atoms with Crippen LogP contribution in [0.4, 0.5) is 5.69 Å². The number of hydrogen-bond acceptors (Lipinski definition) is 2. The number of aldehydes is 1. The second kappa shape index (κ2) is 3.45. The molecule has 1 aromatic carbocycles. The van der Waals surface area contributed by atoms with Gasteiger partial charge in [0.15, 0.2) is 0 Å². The average Bonchev–Trinajstić information content (AvgIpc) is 2.55. The molecule has 0 aromatic heterocycles. The van der Waals surface area contributed by atoms with Gasteiger partial charge >= 0.3 is 0 Å². The average molecular weight is 189 g/mol. The summed E-state index contributed by atoms with van der Waals surface area (Å²) in [5, 5.41) is 0. The van der Waals surface area contributed by atoms with Crippen molar-refractivity contribution in [2.24, 2.45) is 0 Å². The number of carbonyl (C=O) groups is 1. The van der Waals surface area contributed by atoms with Crippen LogP contribution in [0.2, 0.25) is 0 Å². The van der Waals surface area contributed by atoms with Crippen molar-refractivity contribution in [3.05, 3.63) is 29.8 Å². The van der Waals surface area contributed by atoms with E-state index in [4.69, 9.17) is 0 Å². The molecular formula is C12H15NO. The molecule has 0 radical (unpaired) electrons. The predicted molar refractivity (Wildman–Crippen MR) is 57.6 cm³/mol. The summed E-state index contributed by atoms with van der Waals surface area (Å²) in [6.07, 6.45) is 1.91. The number of anilines is 1. The molecule has 2 rings (SSSR count). The van der Waals surface area contributed by atoms with E-state index in [0.717, 1.165) is 12.7 Å². The Balaban J connectivity index is 2.42. The van der Waals surface area contributed by atoms with E-state index in [0.29, 0.717) is 6.04 Å². The van der Waals surface area contributed by atoms with Crippen LogP contribution in [0, 0.1) is 0 Å². The molecule has 1 aliphatic heterocycles. The summed E-state index contributed by atoms with van der Waals surface area (Å²) >= 11 is 0. The third-order valence-corrected chi connectivity index (χ3v) is 2.77. The highest BCUT2D eigenvalue weighted by Gasteiger charge is 2.29. The molecule has 1 aliphatic rings. The zero-order chi connectivity index (χ0) is 10.1. The second-order valence-electron chi connectivity index (χ2n) is 4.04. The molecule has 2 heteroatoms. The fourth-order valence-corrected chi connectivity index (χ4v) is 2.21. The van der Waals surface area contributed by atoms with Crippen LogP contribution < -0.4 is 4.90 Å². The minimum Gasteiger partial charge on any atom is -0.359 e. The van der Waals surface area contributed by atoms with E-state index in [1.165, 1.54) is 11.3 Å². The lowest BCUT2D eigenvalue weighted by molar-refractivity contribution is -0.108. The number of nitrogens with zero attached hydrogens (tertiary/aromatic N) is 1. The number of para-hydroxylation sites is 1. The van der Waals surface area contributed by atoms with Gasteiger partial charge in [0.1, 0.15) is 6.29 Å². The van der Waals surface area contributed by atoms with Crippen LogP contribution >= 0.6 is 0 Å². The zero-order valence-electron chi connectivity index (χ0n) is 8.60. The van der Waals surface area contributed by atoms with Crippen LogP contribution in [0.15, 0.2) is 24.3 Å². The fourth-order valence-electron chi connectivity index (χ4n) is 2.21. The minimum atomic E-state index is 0.0346. The summed E-state index contributed by atoms with van der Waals surface area (Å²) in [4.78, 5) is 13.1. The smallest absolute Gasteiger partial charge is 0.142 e. The maximum Gasteiger partial charge on any atom is 0.142 e. The van der Waals surface area contributed by atoms with Crippen LogP contribution in [0.3, 0.4) is 0 Å². The van der Waals surface area contributed by atoms with Crippen LogP contribution in [-0.4, -0.2) is 18.4 Å². The fraction of sp³-hybridized carbons (Fsp3) is 0.417. The first-order chi connectivity index (χ1) is 6.74. The number of benzene rings is 1. The van der Waals surface area contributed by atoms with Gasteiger partial charge in [-0.25, -0.2) is 0 Å². The Hall–Kier alpha value is -1.31. The molecule has 1 aromatic rings. The Morgan fingerprint density at radius 1 is 1.43 bits per heavy atom. The van der Waals surface area contributed by atoms with Crippen molar-refractivity contribution in [1.82, 2.24) is 0 Å². The topological polar surface area (TPSA) is 20.3 Å². The van der Waals surface area contributed by atoms with Crippen molar-refractivity contribution in [3.8, 4) is 0 Å². The van der Waals surface area contributed by atoms with Gasteiger partial charge in [-0.05, 0) is 25.5 Å². The molecule has 0 aliphatic carbocycles. The third-order valence-electron chi connectivity index (χ3n) is 2.77. The molecule has 1 unspecified atom stereocenters. The van der Waals surface area contributed by atoms with Gasteiger partial charge in [0.25, 0.3) is 0 Å². The Morgan fingerprint density at radius 2 is 2.14 bits per heavy atom. The first-order valence-electron chi connectivity index (χ1n) is 5.05. The Labute approximate surface area is 84.5 Å². The standard InChI is InChI=1S/C12H15NO/c1-9(2)13-11(8-14)7-10-5-3-4-6-12(10)13/h3-6,8-9,11H,7H2,1-2H3. The summed E-state index contributed by atoms with van der Waals surface area (Å²) in [5.41, 5.74) is 2.51. The lowest BCUT2D eigenvalue weighted by atomic mass is 10.1. The molecule has 14 heavy (non-hydrogen) atoms. The molecule has 0 saturated carbocycles. The summed E-state index contributed by atoms with van der Waals surface area (Å²) < 4.78 is 0. The number of carbonyl (C=O) groups excluding carboxylic acids is 1. The maximum atomic E-state index is 10.9. The van der Waals surface area contributed by atoms with Gasteiger partial charge in [-0.2, -0.15) is 0 Å². The molecule has 1 heterocycles. The number of hydrogen-bond donors (Lipinski definition) is 0. The molecule has 0 saturated heterocycles. The van der Waals surface area contributed by atoms with E-state index in [2.05, 4.69) is 30.9 Å². The molecule has 0 fully saturated rings. The summed E-state index contributed by atoms with van der Waals surface area (Å²) in [6, 6.07) is 8.68. The second-order valence-corrected chi connectivity index (χ2v) is 4.04. The lowest BCUT2D eigenvalue weighted by Gasteiger charge is -2.28. The normalized spacial score (nSPS) is 19.9. The van der Waals surface area contributed by atoms with Crippen LogP contribution in [0.1, 0.15) is 19.4 Å². The van der Waals surface area contributed by atoms with E-state index >= 15 is 0 Å². The molecular weight excluding hydrogens is 174 g/mol. The van der Waals surface area contributed by atoms with Crippen LogP contribution in [0.5, 0.6) is 0 Å². The van der Waals surface area contributed by atoms with Crippen molar-refractivity contribution in [2.45, 2.75) is 32.4 Å². The predicted octanol–water partition coefficient (Wildman–Crippen LogP) is 2.02.